The Balaban J connectivity index is 3.21. The third-order valence-electron chi connectivity index (χ3n) is 3.16. The Labute approximate surface area is 109 Å². The van der Waals surface area contributed by atoms with Crippen LogP contribution in [0.15, 0.2) is 35.5 Å². The van der Waals surface area contributed by atoms with Crippen molar-refractivity contribution in [2.75, 3.05) is 0 Å². The molecule has 0 spiro atoms. The third kappa shape index (κ3) is 2.45. The van der Waals surface area contributed by atoms with Crippen LogP contribution in [0.3, 0.4) is 0 Å². The molecule has 1 heterocycles. The summed E-state index contributed by atoms with van der Waals surface area (Å²) in [6, 6.07) is -0.00647. The summed E-state index contributed by atoms with van der Waals surface area (Å²) in [7, 11) is 0. The highest BCUT2D eigenvalue weighted by Gasteiger charge is 2.38. The van der Waals surface area contributed by atoms with Crippen molar-refractivity contribution >= 4 is 11.8 Å². The Morgan fingerprint density at radius 1 is 0.944 bits per heavy atom. The van der Waals surface area contributed by atoms with Crippen molar-refractivity contribution in [3.63, 3.8) is 0 Å². The van der Waals surface area contributed by atoms with Crippen molar-refractivity contribution in [3.05, 3.63) is 35.5 Å². The smallest absolute Gasteiger partial charge is 0.261 e. The molecule has 0 fully saturated rings. The minimum Gasteiger partial charge on any atom is -0.271 e. The first-order valence-corrected chi connectivity index (χ1v) is 6.49. The van der Waals surface area contributed by atoms with Crippen LogP contribution in [0.5, 0.6) is 0 Å². The molecule has 18 heavy (non-hydrogen) atoms. The van der Waals surface area contributed by atoms with Gasteiger partial charge >= 0.3 is 0 Å². The van der Waals surface area contributed by atoms with Gasteiger partial charge in [0.25, 0.3) is 11.8 Å². The summed E-state index contributed by atoms with van der Waals surface area (Å²) >= 11 is 0. The van der Waals surface area contributed by atoms with Crippen molar-refractivity contribution in [1.82, 2.24) is 4.90 Å². The van der Waals surface area contributed by atoms with Gasteiger partial charge in [0.15, 0.2) is 0 Å². The number of hydrogen-bond acceptors (Lipinski definition) is 2. The molecule has 0 N–H and O–H groups in total. The zero-order valence-electron chi connectivity index (χ0n) is 11.6. The largest absolute Gasteiger partial charge is 0.271 e. The summed E-state index contributed by atoms with van der Waals surface area (Å²) in [5.74, 6) is -0.334. The average molecular weight is 247 g/mol. The first kappa shape index (κ1) is 14.4. The van der Waals surface area contributed by atoms with Gasteiger partial charge in [0, 0.05) is 6.04 Å². The normalized spacial score (nSPS) is 17.3. The lowest BCUT2D eigenvalue weighted by Gasteiger charge is -2.24. The summed E-state index contributed by atoms with van der Waals surface area (Å²) in [4.78, 5) is 26.0. The lowest BCUT2D eigenvalue weighted by Crippen LogP contribution is -2.40. The lowest BCUT2D eigenvalue weighted by molar-refractivity contribution is -0.140. The van der Waals surface area contributed by atoms with Crippen LogP contribution in [0.1, 0.15) is 40.5 Å². The minimum absolute atomic E-state index is 0.00647. The van der Waals surface area contributed by atoms with E-state index in [1.54, 1.807) is 24.3 Å². The number of rotatable bonds is 5. The van der Waals surface area contributed by atoms with E-state index in [9.17, 15) is 9.59 Å². The number of allylic oxidation sites excluding steroid dienone is 2. The summed E-state index contributed by atoms with van der Waals surface area (Å²) in [6.07, 6.45) is 8.61. The standard InChI is InChI=1S/C15H21NO2/c1-5-9-12-13(10-6-2)15(18)16(14(12)17)11(7-3)8-4/h5-6,9-11H,7-8H2,1-4H3/b9-5-,10-6-. The number of carbonyl (C=O) groups excluding carboxylic acids is 2. The monoisotopic (exact) mass is 247 g/mol. The molecule has 2 amide bonds. The van der Waals surface area contributed by atoms with E-state index < -0.39 is 0 Å². The van der Waals surface area contributed by atoms with Gasteiger partial charge in [-0.3, -0.25) is 14.5 Å². The molecule has 0 aromatic heterocycles. The van der Waals surface area contributed by atoms with Crippen LogP contribution in [-0.4, -0.2) is 22.8 Å². The van der Waals surface area contributed by atoms with Gasteiger partial charge in [-0.2, -0.15) is 0 Å². The molecule has 0 aromatic carbocycles. The molecule has 0 radical (unpaired) electrons. The van der Waals surface area contributed by atoms with Crippen molar-refractivity contribution in [2.24, 2.45) is 0 Å². The second kappa shape index (κ2) is 6.34. The maximum Gasteiger partial charge on any atom is 0.261 e. The van der Waals surface area contributed by atoms with E-state index in [1.165, 1.54) is 4.90 Å². The summed E-state index contributed by atoms with van der Waals surface area (Å²) in [5, 5.41) is 0. The average Bonchev–Trinajstić information content (AvgIpc) is 2.58. The maximum absolute atomic E-state index is 12.3. The molecular formula is C15H21NO2. The van der Waals surface area contributed by atoms with E-state index in [4.69, 9.17) is 0 Å². The first-order valence-electron chi connectivity index (χ1n) is 6.49. The van der Waals surface area contributed by atoms with Gasteiger partial charge in [0.2, 0.25) is 0 Å². The fourth-order valence-electron chi connectivity index (χ4n) is 2.22. The number of hydrogen-bond donors (Lipinski definition) is 0. The van der Waals surface area contributed by atoms with Crippen LogP contribution in [0.2, 0.25) is 0 Å². The Morgan fingerprint density at radius 2 is 1.33 bits per heavy atom. The minimum atomic E-state index is -0.167. The molecule has 0 aliphatic carbocycles. The molecule has 3 heteroatoms. The number of imide groups is 1. The topological polar surface area (TPSA) is 37.4 Å². The number of carbonyl (C=O) groups is 2. The van der Waals surface area contributed by atoms with Gasteiger partial charge < -0.3 is 0 Å². The zero-order chi connectivity index (χ0) is 13.7. The SMILES string of the molecule is C/C=C\C1=C(/C=C\C)C(=O)N(C(CC)CC)C1=O. The highest BCUT2D eigenvalue weighted by molar-refractivity contribution is 6.22. The summed E-state index contributed by atoms with van der Waals surface area (Å²) in [5.41, 5.74) is 1.01. The Bertz CT molecular complexity index is 392. The van der Waals surface area contributed by atoms with Crippen molar-refractivity contribution in [3.8, 4) is 0 Å². The van der Waals surface area contributed by atoms with Crippen LogP contribution in [0.4, 0.5) is 0 Å². The third-order valence-corrected chi connectivity index (χ3v) is 3.16. The van der Waals surface area contributed by atoms with E-state index in [1.807, 2.05) is 27.7 Å². The van der Waals surface area contributed by atoms with E-state index in [0.29, 0.717) is 11.1 Å². The lowest BCUT2D eigenvalue weighted by atomic mass is 10.1. The molecule has 0 aromatic rings. The Hall–Kier alpha value is -1.64. The number of amides is 2. The molecule has 1 rings (SSSR count). The van der Waals surface area contributed by atoms with Crippen LogP contribution >= 0.6 is 0 Å². The fraction of sp³-hybridized carbons (Fsp3) is 0.467. The highest BCUT2D eigenvalue weighted by Crippen LogP contribution is 2.27. The molecule has 1 aliphatic rings. The van der Waals surface area contributed by atoms with E-state index in [0.717, 1.165) is 12.8 Å². The quantitative estimate of drug-likeness (QED) is 0.700. The molecule has 0 atom stereocenters. The van der Waals surface area contributed by atoms with Gasteiger partial charge in [-0.05, 0) is 26.7 Å². The maximum atomic E-state index is 12.3. The molecule has 3 nitrogen and oxygen atoms in total. The van der Waals surface area contributed by atoms with Gasteiger partial charge in [-0.15, -0.1) is 0 Å². The van der Waals surface area contributed by atoms with E-state index >= 15 is 0 Å². The molecular weight excluding hydrogens is 226 g/mol. The van der Waals surface area contributed by atoms with Crippen molar-refractivity contribution in [2.45, 2.75) is 46.6 Å². The first-order chi connectivity index (χ1) is 8.62. The van der Waals surface area contributed by atoms with E-state index in [-0.39, 0.29) is 17.9 Å². The second-order valence-corrected chi connectivity index (χ2v) is 4.28. The number of nitrogens with zero attached hydrogens (tertiary/aromatic N) is 1. The van der Waals surface area contributed by atoms with Gasteiger partial charge in [0.1, 0.15) is 0 Å². The second-order valence-electron chi connectivity index (χ2n) is 4.28. The van der Waals surface area contributed by atoms with Crippen LogP contribution in [-0.2, 0) is 9.59 Å². The van der Waals surface area contributed by atoms with Crippen LogP contribution in [0, 0.1) is 0 Å². The van der Waals surface area contributed by atoms with Gasteiger partial charge in [-0.25, -0.2) is 0 Å². The van der Waals surface area contributed by atoms with Crippen LogP contribution < -0.4 is 0 Å². The fourth-order valence-corrected chi connectivity index (χ4v) is 2.22. The highest BCUT2D eigenvalue weighted by atomic mass is 16.2. The predicted octanol–water partition coefficient (Wildman–Crippen LogP) is 2.99. The molecule has 0 unspecified atom stereocenters. The van der Waals surface area contributed by atoms with E-state index in [2.05, 4.69) is 0 Å². The Kier molecular flexibility index (Phi) is 5.08. The Morgan fingerprint density at radius 3 is 1.61 bits per heavy atom. The van der Waals surface area contributed by atoms with Crippen molar-refractivity contribution in [1.29, 1.82) is 0 Å². The summed E-state index contributed by atoms with van der Waals surface area (Å²) in [6.45, 7) is 7.69. The van der Waals surface area contributed by atoms with Gasteiger partial charge in [-0.1, -0.05) is 38.2 Å². The molecule has 1 aliphatic heterocycles. The van der Waals surface area contributed by atoms with Crippen molar-refractivity contribution < 1.29 is 9.59 Å². The zero-order valence-corrected chi connectivity index (χ0v) is 11.6. The predicted molar refractivity (Wildman–Crippen MR) is 72.9 cm³/mol. The van der Waals surface area contributed by atoms with Gasteiger partial charge in [0.05, 0.1) is 11.1 Å². The molecule has 0 bridgehead atoms. The molecule has 0 saturated heterocycles. The molecule has 98 valence electrons. The van der Waals surface area contributed by atoms with Crippen LogP contribution in [0.25, 0.3) is 0 Å². The summed E-state index contributed by atoms with van der Waals surface area (Å²) < 4.78 is 0. The molecule has 0 saturated carbocycles.